The first-order valence-electron chi connectivity index (χ1n) is 2.47. The van der Waals surface area contributed by atoms with E-state index in [1.165, 1.54) is 13.8 Å². The summed E-state index contributed by atoms with van der Waals surface area (Å²) in [6.45, 7) is 3.07. The van der Waals surface area contributed by atoms with E-state index in [2.05, 4.69) is 3.32 Å². The van der Waals surface area contributed by atoms with Crippen LogP contribution in [0.4, 0.5) is 0 Å². The third-order valence-electron chi connectivity index (χ3n) is 1.01. The zero-order valence-corrected chi connectivity index (χ0v) is 6.69. The van der Waals surface area contributed by atoms with Crippen molar-refractivity contribution in [1.29, 1.82) is 0 Å². The molecular formula is C4H6O4Ti. The van der Waals surface area contributed by atoms with Crippen LogP contribution in [0.15, 0.2) is 0 Å². The van der Waals surface area contributed by atoms with Crippen LogP contribution in [0.2, 0.25) is 0 Å². The van der Waals surface area contributed by atoms with Crippen LogP contribution in [0.5, 0.6) is 0 Å². The van der Waals surface area contributed by atoms with Crippen LogP contribution in [-0.2, 0) is 33.4 Å². The molecule has 0 aliphatic carbocycles. The number of hydrogen-bond acceptors (Lipinski definition) is 4. The molecule has 1 aliphatic rings. The SMILES string of the molecule is CC1(C)[O][Ti](=[O])[O]C1=O. The van der Waals surface area contributed by atoms with Crippen molar-refractivity contribution in [2.24, 2.45) is 0 Å². The first-order chi connectivity index (χ1) is 4.02. The van der Waals surface area contributed by atoms with Gasteiger partial charge >= 0.3 is 58.8 Å². The standard InChI is InChI=1S/C4H7O3.O.Ti/c1-4(2,7)3(5)6;;/h1-2H3,(H,5,6);;/q-1;;+2/p-1. The molecule has 50 valence electrons. The quantitative estimate of drug-likeness (QED) is 0.480. The van der Waals surface area contributed by atoms with Gasteiger partial charge in [0.2, 0.25) is 0 Å². The monoisotopic (exact) mass is 166 g/mol. The Balaban J connectivity index is 2.81. The predicted octanol–water partition coefficient (Wildman–Crippen LogP) is 0.132. The molecule has 0 aromatic carbocycles. The Labute approximate surface area is 59.2 Å². The van der Waals surface area contributed by atoms with Gasteiger partial charge in [0, 0.05) is 0 Å². The Kier molecular flexibility index (Phi) is 1.54. The minimum atomic E-state index is -3.07. The first kappa shape index (κ1) is 7.06. The molecule has 0 unspecified atom stereocenters. The molecule has 1 aliphatic heterocycles. The van der Waals surface area contributed by atoms with Gasteiger partial charge in [0.05, 0.1) is 0 Å². The van der Waals surface area contributed by atoms with E-state index in [1.54, 1.807) is 0 Å². The van der Waals surface area contributed by atoms with Gasteiger partial charge in [-0.05, 0) is 0 Å². The third-order valence-corrected chi connectivity index (χ3v) is 2.61. The Hall–Kier alpha value is -0.0557. The van der Waals surface area contributed by atoms with Crippen LogP contribution in [-0.4, -0.2) is 11.6 Å². The molecule has 1 fully saturated rings. The summed E-state index contributed by atoms with van der Waals surface area (Å²) in [5, 5.41) is 0. The van der Waals surface area contributed by atoms with Crippen molar-refractivity contribution in [1.82, 2.24) is 0 Å². The Morgan fingerprint density at radius 1 is 1.56 bits per heavy atom. The average molecular weight is 166 g/mol. The van der Waals surface area contributed by atoms with Crippen molar-refractivity contribution in [2.75, 3.05) is 0 Å². The summed E-state index contributed by atoms with van der Waals surface area (Å²) in [4.78, 5) is 10.6. The summed E-state index contributed by atoms with van der Waals surface area (Å²) in [6.07, 6.45) is 0. The fourth-order valence-electron chi connectivity index (χ4n) is 0.469. The van der Waals surface area contributed by atoms with Gasteiger partial charge in [0.1, 0.15) is 0 Å². The second-order valence-corrected chi connectivity index (χ2v) is 3.67. The molecule has 4 nitrogen and oxygen atoms in total. The van der Waals surface area contributed by atoms with Crippen LogP contribution in [0.3, 0.4) is 0 Å². The van der Waals surface area contributed by atoms with Gasteiger partial charge < -0.3 is 0 Å². The molecule has 0 spiro atoms. The van der Waals surface area contributed by atoms with E-state index in [0.717, 1.165) is 0 Å². The zero-order chi connectivity index (χ0) is 7.07. The van der Waals surface area contributed by atoms with Crippen molar-refractivity contribution in [3.63, 3.8) is 0 Å². The van der Waals surface area contributed by atoms with Gasteiger partial charge in [-0.3, -0.25) is 0 Å². The van der Waals surface area contributed by atoms with Gasteiger partial charge in [-0.15, -0.1) is 0 Å². The summed E-state index contributed by atoms with van der Waals surface area (Å²) < 4.78 is 19.5. The fourth-order valence-corrected chi connectivity index (χ4v) is 1.94. The van der Waals surface area contributed by atoms with E-state index in [4.69, 9.17) is 3.32 Å². The van der Waals surface area contributed by atoms with Crippen LogP contribution in [0.25, 0.3) is 0 Å². The summed E-state index contributed by atoms with van der Waals surface area (Å²) >= 11 is -3.07. The molecule has 1 heterocycles. The van der Waals surface area contributed by atoms with E-state index in [-0.39, 0.29) is 0 Å². The zero-order valence-electron chi connectivity index (χ0n) is 5.13. The Bertz CT molecular complexity index is 173. The van der Waals surface area contributed by atoms with Gasteiger partial charge in [0.15, 0.2) is 0 Å². The van der Waals surface area contributed by atoms with E-state index in [1.807, 2.05) is 0 Å². The second-order valence-electron chi connectivity index (χ2n) is 2.25. The Morgan fingerprint density at radius 3 is 2.22 bits per heavy atom. The van der Waals surface area contributed by atoms with E-state index >= 15 is 0 Å². The average Bonchev–Trinajstić information content (AvgIpc) is 1.79. The summed E-state index contributed by atoms with van der Waals surface area (Å²) in [5.74, 6) is -0.521. The first-order valence-corrected chi connectivity index (χ1v) is 4.39. The summed E-state index contributed by atoms with van der Waals surface area (Å²) in [7, 11) is 0. The molecule has 0 N–H and O–H groups in total. The molecule has 5 heteroatoms. The molecule has 0 saturated carbocycles. The molecular weight excluding hydrogens is 160 g/mol. The number of carbonyl (C=O) groups is 1. The van der Waals surface area contributed by atoms with Gasteiger partial charge in [-0.1, -0.05) is 0 Å². The van der Waals surface area contributed by atoms with Gasteiger partial charge in [0.25, 0.3) is 0 Å². The summed E-state index contributed by atoms with van der Waals surface area (Å²) in [6, 6.07) is 0. The normalized spacial score (nSPS) is 24.2. The minimum absolute atomic E-state index is 0.521. The molecule has 1 saturated heterocycles. The molecule has 0 atom stereocenters. The number of rotatable bonds is 0. The predicted molar refractivity (Wildman–Crippen MR) is 21.9 cm³/mol. The van der Waals surface area contributed by atoms with Gasteiger partial charge in [-0.25, -0.2) is 0 Å². The van der Waals surface area contributed by atoms with Crippen molar-refractivity contribution in [3.05, 3.63) is 0 Å². The van der Waals surface area contributed by atoms with Crippen molar-refractivity contribution in [3.8, 4) is 0 Å². The topological polar surface area (TPSA) is 52.6 Å². The van der Waals surface area contributed by atoms with Crippen LogP contribution < -0.4 is 0 Å². The molecule has 0 aromatic heterocycles. The van der Waals surface area contributed by atoms with Crippen molar-refractivity contribution < 1.29 is 33.4 Å². The van der Waals surface area contributed by atoms with Crippen LogP contribution in [0.1, 0.15) is 13.8 Å². The molecule has 0 bridgehead atoms. The molecule has 9 heavy (non-hydrogen) atoms. The van der Waals surface area contributed by atoms with Crippen molar-refractivity contribution >= 4 is 5.97 Å². The second kappa shape index (κ2) is 1.97. The number of carbonyl (C=O) groups excluding carboxylic acids is 1. The van der Waals surface area contributed by atoms with Crippen LogP contribution >= 0.6 is 0 Å². The molecule has 1 rings (SSSR count). The molecule has 0 aromatic rings. The van der Waals surface area contributed by atoms with Crippen molar-refractivity contribution in [2.45, 2.75) is 19.4 Å². The molecule has 0 radical (unpaired) electrons. The maximum absolute atomic E-state index is 10.6. The maximum atomic E-state index is 10.6. The van der Waals surface area contributed by atoms with Gasteiger partial charge in [-0.2, -0.15) is 0 Å². The van der Waals surface area contributed by atoms with E-state index in [0.29, 0.717) is 0 Å². The number of hydrogen-bond donors (Lipinski definition) is 0. The molecule has 0 amide bonds. The fraction of sp³-hybridized carbons (Fsp3) is 0.750. The third kappa shape index (κ3) is 1.26. The van der Waals surface area contributed by atoms with Crippen LogP contribution in [0, 0.1) is 0 Å². The van der Waals surface area contributed by atoms with E-state index < -0.39 is 30.2 Å². The van der Waals surface area contributed by atoms with E-state index in [9.17, 15) is 8.12 Å². The summed E-state index contributed by atoms with van der Waals surface area (Å²) in [5.41, 5.74) is -0.975. The Morgan fingerprint density at radius 2 is 2.11 bits per heavy atom.